The average Bonchev–Trinajstić information content (AvgIpc) is 3.85. The summed E-state index contributed by atoms with van der Waals surface area (Å²) in [5.41, 5.74) is -0.774. The molecule has 0 atom stereocenters. The van der Waals surface area contributed by atoms with Crippen molar-refractivity contribution in [3.63, 3.8) is 0 Å². The average molecular weight is 745 g/mol. The molecule has 2 heterocycles. The molecule has 266 valence electrons. The highest BCUT2D eigenvalue weighted by atomic mass is 16.3. The number of aromatic nitrogens is 3. The van der Waals surface area contributed by atoms with Crippen molar-refractivity contribution in [2.24, 2.45) is 0 Å². The van der Waals surface area contributed by atoms with E-state index >= 15 is 0 Å². The van der Waals surface area contributed by atoms with Crippen LogP contribution in [0.2, 0.25) is 0 Å². The van der Waals surface area contributed by atoms with Crippen LogP contribution >= 0.6 is 0 Å². The number of fused-ring (bicyclic) bond motifs is 5. The maximum atomic E-state index is 10.1. The quantitative estimate of drug-likeness (QED) is 0.170. The van der Waals surface area contributed by atoms with Crippen LogP contribution in [-0.2, 0) is 0 Å². The summed E-state index contributed by atoms with van der Waals surface area (Å²) < 4.78 is 159. The van der Waals surface area contributed by atoms with E-state index in [2.05, 4.69) is 6.07 Å². The van der Waals surface area contributed by atoms with Gasteiger partial charge in [-0.15, -0.1) is 0 Å². The fourth-order valence-corrected chi connectivity index (χ4v) is 6.79. The SMILES string of the molecule is [2H]c1c([2H])c([2H])c(-c2c([2H])c([2H])c(-c3c([2H])c(-c4nc(-c5ccccc5)nc(-c5ccc(-c6ccc7ccccc7c6)cc5)n4)c([2H])c4oc5c([2H])c6c([2H])c([2H])c([2H])c([2H])c6c([2H])c5c34)c([2H])c2[2H])c([2H])c1[2H]. The van der Waals surface area contributed by atoms with Gasteiger partial charge >= 0.3 is 0 Å². The molecule has 0 saturated heterocycles. The van der Waals surface area contributed by atoms with Crippen LogP contribution in [0.3, 0.4) is 0 Å². The monoisotopic (exact) mass is 744 g/mol. The smallest absolute Gasteiger partial charge is 0.164 e. The van der Waals surface area contributed by atoms with Crippen molar-refractivity contribution in [2.75, 3.05) is 0 Å². The molecule has 57 heavy (non-hydrogen) atoms. The Labute approximate surface area is 353 Å². The predicted octanol–water partition coefficient (Wildman–Crippen LogP) is 14.1. The molecule has 0 spiro atoms. The summed E-state index contributed by atoms with van der Waals surface area (Å²) in [4.78, 5) is 14.4. The Morgan fingerprint density at radius 1 is 0.368 bits per heavy atom. The van der Waals surface area contributed by atoms with Gasteiger partial charge in [-0.3, -0.25) is 0 Å². The lowest BCUT2D eigenvalue weighted by Gasteiger charge is -2.12. The normalized spacial score (nSPS) is 15.7. The van der Waals surface area contributed by atoms with Crippen molar-refractivity contribution in [1.82, 2.24) is 15.0 Å². The second kappa shape index (κ2) is 13.6. The maximum absolute atomic E-state index is 10.1. The summed E-state index contributed by atoms with van der Waals surface area (Å²) in [7, 11) is 0. The van der Waals surface area contributed by atoms with Crippen molar-refractivity contribution in [2.45, 2.75) is 0 Å². The van der Waals surface area contributed by atoms with E-state index in [9.17, 15) is 11.0 Å². The molecule has 0 aliphatic rings. The van der Waals surface area contributed by atoms with Crippen LogP contribution in [0.4, 0.5) is 0 Å². The van der Waals surface area contributed by atoms with Crippen LogP contribution in [0.5, 0.6) is 0 Å². The molecule has 0 fully saturated rings. The fraction of sp³-hybridized carbons (Fsp3) is 0. The van der Waals surface area contributed by atoms with E-state index in [1.807, 2.05) is 48.5 Å². The minimum absolute atomic E-state index is 0.104. The first-order valence-electron chi connectivity index (χ1n) is 26.3. The van der Waals surface area contributed by atoms with E-state index in [-0.39, 0.29) is 39.2 Å². The van der Waals surface area contributed by atoms with Crippen LogP contribution in [0.15, 0.2) is 204 Å². The van der Waals surface area contributed by atoms with Gasteiger partial charge in [0.1, 0.15) is 11.2 Å². The lowest BCUT2D eigenvalue weighted by atomic mass is 9.94. The number of hydrogen-bond acceptors (Lipinski definition) is 4. The molecule has 2 aromatic heterocycles. The van der Waals surface area contributed by atoms with Gasteiger partial charge in [-0.2, -0.15) is 0 Å². The molecule has 11 rings (SSSR count). The van der Waals surface area contributed by atoms with E-state index in [1.54, 1.807) is 42.5 Å². The molecule has 4 heteroatoms. The minimum atomic E-state index is -0.871. The van der Waals surface area contributed by atoms with Gasteiger partial charge in [-0.25, -0.2) is 15.0 Å². The van der Waals surface area contributed by atoms with Crippen molar-refractivity contribution in [3.05, 3.63) is 200 Å². The van der Waals surface area contributed by atoms with Gasteiger partial charge in [-0.1, -0.05) is 170 Å². The van der Waals surface area contributed by atoms with Crippen LogP contribution in [-0.4, -0.2) is 15.0 Å². The molecule has 0 unspecified atom stereocenters. The fourth-order valence-electron chi connectivity index (χ4n) is 6.79. The van der Waals surface area contributed by atoms with E-state index in [0.717, 1.165) is 21.9 Å². The van der Waals surface area contributed by atoms with Gasteiger partial charge in [0.05, 0.1) is 23.3 Å². The number of benzene rings is 9. The topological polar surface area (TPSA) is 51.8 Å². The summed E-state index contributed by atoms with van der Waals surface area (Å²) in [5.74, 6) is -0.0651. The zero-order chi connectivity index (χ0) is 52.5. The van der Waals surface area contributed by atoms with Gasteiger partial charge in [0.25, 0.3) is 0 Å². The van der Waals surface area contributed by atoms with Crippen molar-refractivity contribution in [1.29, 1.82) is 0 Å². The van der Waals surface area contributed by atoms with E-state index in [4.69, 9.17) is 31.7 Å². The van der Waals surface area contributed by atoms with E-state index in [1.165, 1.54) is 0 Å². The van der Waals surface area contributed by atoms with Crippen LogP contribution in [0.25, 0.3) is 111 Å². The molecule has 0 N–H and O–H groups in total. The molecule has 0 aliphatic carbocycles. The maximum Gasteiger partial charge on any atom is 0.164 e. The van der Waals surface area contributed by atoms with Crippen LogP contribution in [0.1, 0.15) is 23.3 Å². The molecule has 0 radical (unpaired) electrons. The van der Waals surface area contributed by atoms with Crippen molar-refractivity contribution < 1.29 is 27.7 Å². The third-order valence-corrected chi connectivity index (χ3v) is 9.56. The standard InChI is InChI=1S/C53H33N3O/c1-3-11-34(12-4-1)36-19-24-38(25-20-36)46-31-45(33-49-50(46)47-30-42-17-9-10-18-43(42)32-48(47)57-49)53-55-51(39-14-5-2-6-15-39)54-52(56-53)40-26-21-37(22-27-40)44-28-23-35-13-7-8-16-41(35)29-44/h1-33H/i1D,3D,4D,9D,10D,11D,12D,17D,18D,19D,20D,24D,25D,30D,31D,32D,33D. The lowest BCUT2D eigenvalue weighted by Crippen LogP contribution is -2.00. The first kappa shape index (κ1) is 19.8. The zero-order valence-electron chi connectivity index (χ0n) is 46.5. The van der Waals surface area contributed by atoms with Crippen molar-refractivity contribution >= 4 is 43.5 Å². The molecule has 4 nitrogen and oxygen atoms in total. The highest BCUT2D eigenvalue weighted by Crippen LogP contribution is 2.42. The van der Waals surface area contributed by atoms with E-state index in [0.29, 0.717) is 11.1 Å². The van der Waals surface area contributed by atoms with Crippen LogP contribution < -0.4 is 0 Å². The second-order valence-electron chi connectivity index (χ2n) is 13.1. The molecule has 0 amide bonds. The molecule has 0 bridgehead atoms. The van der Waals surface area contributed by atoms with Crippen molar-refractivity contribution in [3.8, 4) is 67.5 Å². The van der Waals surface area contributed by atoms with Crippen LogP contribution in [0, 0.1) is 0 Å². The summed E-state index contributed by atoms with van der Waals surface area (Å²) in [6.07, 6.45) is 0. The van der Waals surface area contributed by atoms with Gasteiger partial charge in [0.15, 0.2) is 17.5 Å². The minimum Gasteiger partial charge on any atom is -0.456 e. The number of rotatable bonds is 6. The van der Waals surface area contributed by atoms with Gasteiger partial charge in [0.2, 0.25) is 0 Å². The van der Waals surface area contributed by atoms with Gasteiger partial charge in [-0.05, 0) is 85.2 Å². The Morgan fingerprint density at radius 2 is 0.947 bits per heavy atom. The number of furan rings is 1. The Hall–Kier alpha value is -7.69. The highest BCUT2D eigenvalue weighted by Gasteiger charge is 2.19. The lowest BCUT2D eigenvalue weighted by molar-refractivity contribution is 0.669. The molecular weight excluding hydrogens is 695 g/mol. The summed E-state index contributed by atoms with van der Waals surface area (Å²) in [6.45, 7) is 0. The largest absolute Gasteiger partial charge is 0.456 e. The number of nitrogens with zero attached hydrogens (tertiary/aromatic N) is 3. The Kier molecular flexibility index (Phi) is 4.70. The summed E-state index contributed by atoms with van der Waals surface area (Å²) in [6, 6.07) is 17.7. The third-order valence-electron chi connectivity index (χ3n) is 9.56. The second-order valence-corrected chi connectivity index (χ2v) is 13.1. The molecular formula is C53H33N3O. The molecule has 9 aromatic carbocycles. The van der Waals surface area contributed by atoms with E-state index < -0.39 is 142 Å². The summed E-state index contributed by atoms with van der Waals surface area (Å²) >= 11 is 0. The number of hydrogen-bond donors (Lipinski definition) is 0. The van der Waals surface area contributed by atoms with Gasteiger partial charge in [0, 0.05) is 27.5 Å². The first-order valence-corrected chi connectivity index (χ1v) is 17.8. The Balaban J connectivity index is 1.24. The highest BCUT2D eigenvalue weighted by molar-refractivity contribution is 6.16. The zero-order valence-corrected chi connectivity index (χ0v) is 29.5. The summed E-state index contributed by atoms with van der Waals surface area (Å²) in [5, 5.41) is 0.673. The van der Waals surface area contributed by atoms with Gasteiger partial charge < -0.3 is 4.42 Å². The first-order chi connectivity index (χ1) is 35.3. The molecule has 11 aromatic rings. The molecule has 0 saturated carbocycles. The Bertz CT molecular complexity index is 4220. The Morgan fingerprint density at radius 3 is 1.70 bits per heavy atom. The predicted molar refractivity (Wildman–Crippen MR) is 235 cm³/mol. The third kappa shape index (κ3) is 6.01. The molecule has 0 aliphatic heterocycles.